The second kappa shape index (κ2) is 8.10. The van der Waals surface area contributed by atoms with Gasteiger partial charge in [-0.15, -0.1) is 11.3 Å². The van der Waals surface area contributed by atoms with Crippen molar-refractivity contribution in [3.8, 4) is 5.75 Å². The summed E-state index contributed by atoms with van der Waals surface area (Å²) >= 11 is 1.40. The number of halogens is 1. The molecule has 1 amide bonds. The van der Waals surface area contributed by atoms with Crippen LogP contribution in [0.15, 0.2) is 53.9 Å². The molecule has 144 valence electrons. The van der Waals surface area contributed by atoms with Gasteiger partial charge in [0.2, 0.25) is 0 Å². The Kier molecular flexibility index (Phi) is 5.39. The molecule has 28 heavy (non-hydrogen) atoms. The van der Waals surface area contributed by atoms with Gasteiger partial charge in [-0.05, 0) is 49.6 Å². The summed E-state index contributed by atoms with van der Waals surface area (Å²) in [6.45, 7) is 3.06. The van der Waals surface area contributed by atoms with Gasteiger partial charge in [0, 0.05) is 11.9 Å². The summed E-state index contributed by atoms with van der Waals surface area (Å²) < 4.78 is 18.6. The van der Waals surface area contributed by atoms with E-state index in [0.717, 1.165) is 24.4 Å². The number of carbonyl (C=O) groups is 1. The quantitative estimate of drug-likeness (QED) is 0.599. The number of nitrogens with zero attached hydrogens (tertiary/aromatic N) is 2. The van der Waals surface area contributed by atoms with Crippen molar-refractivity contribution in [3.63, 3.8) is 0 Å². The maximum absolute atomic E-state index is 13.0. The number of carbonyl (C=O) groups excluding carboxylic acids is 1. The van der Waals surface area contributed by atoms with Crippen LogP contribution in [-0.4, -0.2) is 22.3 Å². The molecule has 4 rings (SSSR count). The number of hydrogen-bond donors (Lipinski definition) is 0. The highest BCUT2D eigenvalue weighted by molar-refractivity contribution is 7.09. The standard InChI is InChI=1S/C22H21FN2O2S/c1-15-4-6-16(7-5-15)20-3-2-12-25(20)22(26)19-14-28-21(24-19)13-27-18-10-8-17(23)9-11-18/h4-11,14,20H,2-3,12-13H2,1H3/t20-/m0/s1. The van der Waals surface area contributed by atoms with Crippen molar-refractivity contribution < 1.29 is 13.9 Å². The first kappa shape index (κ1) is 18.6. The highest BCUT2D eigenvalue weighted by atomic mass is 32.1. The summed E-state index contributed by atoms with van der Waals surface area (Å²) in [5, 5.41) is 2.51. The summed E-state index contributed by atoms with van der Waals surface area (Å²) in [6.07, 6.45) is 1.97. The summed E-state index contributed by atoms with van der Waals surface area (Å²) in [4.78, 5) is 19.4. The van der Waals surface area contributed by atoms with Gasteiger partial charge in [0.25, 0.3) is 5.91 Å². The first-order chi connectivity index (χ1) is 13.6. The Balaban J connectivity index is 1.43. The molecule has 1 saturated heterocycles. The summed E-state index contributed by atoms with van der Waals surface area (Å²) in [5.74, 6) is 0.235. The lowest BCUT2D eigenvalue weighted by Gasteiger charge is -2.24. The Hall–Kier alpha value is -2.73. The Labute approximate surface area is 167 Å². The van der Waals surface area contributed by atoms with E-state index in [1.54, 1.807) is 17.5 Å². The maximum Gasteiger partial charge on any atom is 0.273 e. The molecule has 0 aliphatic carbocycles. The highest BCUT2D eigenvalue weighted by Gasteiger charge is 2.31. The van der Waals surface area contributed by atoms with E-state index in [1.807, 2.05) is 4.90 Å². The van der Waals surface area contributed by atoms with Gasteiger partial charge in [0.1, 0.15) is 28.9 Å². The third-order valence-corrected chi connectivity index (χ3v) is 5.74. The molecule has 4 nitrogen and oxygen atoms in total. The fourth-order valence-corrected chi connectivity index (χ4v) is 4.12. The van der Waals surface area contributed by atoms with Crippen molar-refractivity contribution >= 4 is 17.2 Å². The van der Waals surface area contributed by atoms with Gasteiger partial charge in [-0.2, -0.15) is 0 Å². The molecule has 2 heterocycles. The van der Waals surface area contributed by atoms with Crippen LogP contribution in [0.4, 0.5) is 4.39 Å². The van der Waals surface area contributed by atoms with Crippen LogP contribution in [0.3, 0.4) is 0 Å². The van der Waals surface area contributed by atoms with E-state index in [4.69, 9.17) is 4.74 Å². The van der Waals surface area contributed by atoms with Crippen LogP contribution in [0.2, 0.25) is 0 Å². The van der Waals surface area contributed by atoms with Gasteiger partial charge < -0.3 is 9.64 Å². The van der Waals surface area contributed by atoms with Gasteiger partial charge in [0.05, 0.1) is 6.04 Å². The minimum Gasteiger partial charge on any atom is -0.486 e. The third-order valence-electron chi connectivity index (χ3n) is 4.92. The Morgan fingerprint density at radius 2 is 1.96 bits per heavy atom. The molecular formula is C22H21FN2O2S. The molecule has 1 aliphatic heterocycles. The molecule has 3 aromatic rings. The normalized spacial score (nSPS) is 16.4. The van der Waals surface area contributed by atoms with E-state index in [9.17, 15) is 9.18 Å². The molecule has 0 bridgehead atoms. The number of thiazole rings is 1. The number of ether oxygens (including phenoxy) is 1. The van der Waals surface area contributed by atoms with Crippen LogP contribution in [0, 0.1) is 12.7 Å². The van der Waals surface area contributed by atoms with E-state index < -0.39 is 0 Å². The molecule has 6 heteroatoms. The molecule has 0 radical (unpaired) electrons. The molecular weight excluding hydrogens is 375 g/mol. The largest absolute Gasteiger partial charge is 0.486 e. The van der Waals surface area contributed by atoms with Crippen LogP contribution >= 0.6 is 11.3 Å². The molecule has 1 atom stereocenters. The molecule has 1 aliphatic rings. The number of aromatic nitrogens is 1. The van der Waals surface area contributed by atoms with Crippen molar-refractivity contribution in [3.05, 3.63) is 81.6 Å². The fraction of sp³-hybridized carbons (Fsp3) is 0.273. The predicted molar refractivity (Wildman–Crippen MR) is 107 cm³/mol. The van der Waals surface area contributed by atoms with Crippen LogP contribution < -0.4 is 4.74 Å². The van der Waals surface area contributed by atoms with Crippen molar-refractivity contribution in [2.75, 3.05) is 6.54 Å². The maximum atomic E-state index is 13.0. The highest BCUT2D eigenvalue weighted by Crippen LogP contribution is 2.33. The van der Waals surface area contributed by atoms with Gasteiger partial charge in [-0.25, -0.2) is 9.37 Å². The van der Waals surface area contributed by atoms with Crippen molar-refractivity contribution in [2.24, 2.45) is 0 Å². The number of likely N-dealkylation sites (tertiary alicyclic amines) is 1. The Morgan fingerprint density at radius 3 is 2.71 bits per heavy atom. The number of aryl methyl sites for hydroxylation is 1. The summed E-state index contributed by atoms with van der Waals surface area (Å²) in [6, 6.07) is 14.3. The zero-order valence-corrected chi connectivity index (χ0v) is 16.4. The minimum absolute atomic E-state index is 0.0349. The second-order valence-corrected chi connectivity index (χ2v) is 7.88. The summed E-state index contributed by atoms with van der Waals surface area (Å²) in [5.41, 5.74) is 2.85. The number of benzene rings is 2. The molecule has 0 spiro atoms. The van der Waals surface area contributed by atoms with Gasteiger partial charge in [0.15, 0.2) is 0 Å². The molecule has 1 fully saturated rings. The molecule has 0 saturated carbocycles. The van der Waals surface area contributed by atoms with E-state index in [0.29, 0.717) is 11.4 Å². The van der Waals surface area contributed by atoms with E-state index in [1.165, 1.54) is 34.6 Å². The van der Waals surface area contributed by atoms with Gasteiger partial charge in [-0.1, -0.05) is 29.8 Å². The van der Waals surface area contributed by atoms with Crippen LogP contribution in [0.1, 0.15) is 45.5 Å². The monoisotopic (exact) mass is 396 g/mol. The predicted octanol–water partition coefficient (Wildman–Crippen LogP) is 5.15. The zero-order chi connectivity index (χ0) is 19.5. The Bertz CT molecular complexity index is 953. The lowest BCUT2D eigenvalue weighted by molar-refractivity contribution is 0.0730. The van der Waals surface area contributed by atoms with Crippen molar-refractivity contribution in [1.82, 2.24) is 9.88 Å². The first-order valence-electron chi connectivity index (χ1n) is 9.30. The molecule has 2 aromatic carbocycles. The topological polar surface area (TPSA) is 42.4 Å². The average Bonchev–Trinajstić information content (AvgIpc) is 3.37. The van der Waals surface area contributed by atoms with Gasteiger partial charge >= 0.3 is 0 Å². The lowest BCUT2D eigenvalue weighted by atomic mass is 10.0. The van der Waals surface area contributed by atoms with E-state index in [2.05, 4.69) is 36.2 Å². The molecule has 1 aromatic heterocycles. The molecule has 0 N–H and O–H groups in total. The van der Waals surface area contributed by atoms with Gasteiger partial charge in [-0.3, -0.25) is 4.79 Å². The van der Waals surface area contributed by atoms with Crippen LogP contribution in [0.25, 0.3) is 0 Å². The van der Waals surface area contributed by atoms with Crippen molar-refractivity contribution in [2.45, 2.75) is 32.4 Å². The van der Waals surface area contributed by atoms with Crippen LogP contribution in [0.5, 0.6) is 5.75 Å². The first-order valence-corrected chi connectivity index (χ1v) is 10.2. The molecule has 0 unspecified atom stereocenters. The number of hydrogen-bond acceptors (Lipinski definition) is 4. The fourth-order valence-electron chi connectivity index (χ4n) is 3.44. The third kappa shape index (κ3) is 4.07. The van der Waals surface area contributed by atoms with E-state index >= 15 is 0 Å². The zero-order valence-electron chi connectivity index (χ0n) is 15.6. The lowest BCUT2D eigenvalue weighted by Crippen LogP contribution is -2.30. The minimum atomic E-state index is -0.303. The van der Waals surface area contributed by atoms with Crippen LogP contribution in [-0.2, 0) is 6.61 Å². The number of rotatable bonds is 5. The average molecular weight is 396 g/mol. The Morgan fingerprint density at radius 1 is 1.21 bits per heavy atom. The number of amides is 1. The second-order valence-electron chi connectivity index (χ2n) is 6.94. The SMILES string of the molecule is Cc1ccc([C@@H]2CCCN2C(=O)c2csc(COc3ccc(F)cc3)n2)cc1. The summed E-state index contributed by atoms with van der Waals surface area (Å²) in [7, 11) is 0. The van der Waals surface area contributed by atoms with E-state index in [-0.39, 0.29) is 24.4 Å². The van der Waals surface area contributed by atoms with Crippen molar-refractivity contribution in [1.29, 1.82) is 0 Å². The smallest absolute Gasteiger partial charge is 0.273 e.